The van der Waals surface area contributed by atoms with Crippen LogP contribution in [0.2, 0.25) is 0 Å². The van der Waals surface area contributed by atoms with Crippen LogP contribution in [0.1, 0.15) is 44.7 Å². The first kappa shape index (κ1) is 16.5. The standard InChI is InChI=1S/C14H26N4O2S/c1-4-12-5-7-14(10-15,8-6-12)18(3)21(19,20)13-9-16-17-11(13)2/h9,12H,4-8,10,15H2,1-3H3,(H,16,17). The van der Waals surface area contributed by atoms with Gasteiger partial charge in [0, 0.05) is 19.1 Å². The van der Waals surface area contributed by atoms with Crippen molar-refractivity contribution >= 4 is 10.0 Å². The van der Waals surface area contributed by atoms with Crippen LogP contribution >= 0.6 is 0 Å². The molecule has 0 saturated heterocycles. The van der Waals surface area contributed by atoms with Gasteiger partial charge in [0.1, 0.15) is 4.90 Å². The highest BCUT2D eigenvalue weighted by atomic mass is 32.2. The van der Waals surface area contributed by atoms with E-state index in [4.69, 9.17) is 5.73 Å². The summed E-state index contributed by atoms with van der Waals surface area (Å²) >= 11 is 0. The number of sulfonamides is 1. The molecule has 1 aliphatic carbocycles. The normalized spacial score (nSPS) is 27.2. The molecule has 0 amide bonds. The smallest absolute Gasteiger partial charge is 0.246 e. The van der Waals surface area contributed by atoms with Crippen LogP contribution in [0.3, 0.4) is 0 Å². The number of aryl methyl sites for hydroxylation is 1. The van der Waals surface area contributed by atoms with E-state index in [0.29, 0.717) is 18.2 Å². The fourth-order valence-corrected chi connectivity index (χ4v) is 4.95. The Morgan fingerprint density at radius 3 is 2.52 bits per heavy atom. The number of hydrogen-bond donors (Lipinski definition) is 2. The van der Waals surface area contributed by atoms with E-state index in [0.717, 1.165) is 32.1 Å². The van der Waals surface area contributed by atoms with Crippen LogP contribution in [-0.4, -0.2) is 42.1 Å². The molecule has 120 valence electrons. The molecule has 1 aromatic heterocycles. The molecule has 0 radical (unpaired) electrons. The maximum Gasteiger partial charge on any atom is 0.246 e. The fourth-order valence-electron chi connectivity index (χ4n) is 3.27. The molecule has 0 aromatic carbocycles. The molecule has 2 rings (SSSR count). The summed E-state index contributed by atoms with van der Waals surface area (Å²) in [6.07, 6.45) is 6.26. The number of nitrogens with one attached hydrogen (secondary N) is 1. The van der Waals surface area contributed by atoms with Gasteiger partial charge < -0.3 is 5.73 Å². The van der Waals surface area contributed by atoms with Crippen LogP contribution in [-0.2, 0) is 10.0 Å². The van der Waals surface area contributed by atoms with E-state index < -0.39 is 15.6 Å². The molecule has 1 aromatic rings. The van der Waals surface area contributed by atoms with Gasteiger partial charge in [0.2, 0.25) is 10.0 Å². The van der Waals surface area contributed by atoms with Crippen molar-refractivity contribution in [2.45, 2.75) is 56.4 Å². The summed E-state index contributed by atoms with van der Waals surface area (Å²) < 4.78 is 27.2. The number of aromatic nitrogens is 2. The second kappa shape index (κ2) is 6.06. The van der Waals surface area contributed by atoms with Crippen molar-refractivity contribution in [2.75, 3.05) is 13.6 Å². The lowest BCUT2D eigenvalue weighted by Gasteiger charge is -2.44. The Hall–Kier alpha value is -0.920. The predicted molar refractivity (Wildman–Crippen MR) is 82.3 cm³/mol. The lowest BCUT2D eigenvalue weighted by atomic mass is 9.75. The number of aromatic amines is 1. The van der Waals surface area contributed by atoms with Crippen molar-refractivity contribution in [1.82, 2.24) is 14.5 Å². The first-order chi connectivity index (χ1) is 9.87. The number of rotatable bonds is 5. The van der Waals surface area contributed by atoms with Crippen molar-refractivity contribution in [3.8, 4) is 0 Å². The van der Waals surface area contributed by atoms with Gasteiger partial charge in [0.05, 0.1) is 11.9 Å². The van der Waals surface area contributed by atoms with Gasteiger partial charge in [-0.15, -0.1) is 0 Å². The number of hydrogen-bond acceptors (Lipinski definition) is 4. The number of nitrogens with two attached hydrogens (primary N) is 1. The van der Waals surface area contributed by atoms with E-state index in [1.54, 1.807) is 14.0 Å². The molecule has 6 nitrogen and oxygen atoms in total. The van der Waals surface area contributed by atoms with E-state index in [-0.39, 0.29) is 4.90 Å². The molecule has 1 aliphatic rings. The lowest BCUT2D eigenvalue weighted by Crippen LogP contribution is -2.56. The van der Waals surface area contributed by atoms with Gasteiger partial charge in [-0.2, -0.15) is 9.40 Å². The summed E-state index contributed by atoms with van der Waals surface area (Å²) in [6, 6.07) is 0. The van der Waals surface area contributed by atoms with E-state index in [2.05, 4.69) is 17.1 Å². The summed E-state index contributed by atoms with van der Waals surface area (Å²) in [4.78, 5) is 0.246. The molecular weight excluding hydrogens is 288 g/mol. The van der Waals surface area contributed by atoms with Crippen molar-refractivity contribution in [1.29, 1.82) is 0 Å². The maximum atomic E-state index is 12.8. The molecule has 1 heterocycles. The predicted octanol–water partition coefficient (Wildman–Crippen LogP) is 1.64. The minimum atomic E-state index is -3.56. The molecular formula is C14H26N4O2S. The third-order valence-electron chi connectivity index (χ3n) is 5.08. The molecule has 0 bridgehead atoms. The first-order valence-corrected chi connectivity index (χ1v) is 9.00. The Bertz CT molecular complexity index is 574. The van der Waals surface area contributed by atoms with E-state index in [9.17, 15) is 8.42 Å². The van der Waals surface area contributed by atoms with Gasteiger partial charge in [0.15, 0.2) is 0 Å². The van der Waals surface area contributed by atoms with Crippen LogP contribution in [0.4, 0.5) is 0 Å². The highest BCUT2D eigenvalue weighted by Gasteiger charge is 2.43. The molecule has 0 aliphatic heterocycles. The van der Waals surface area contributed by atoms with Crippen LogP contribution in [0.15, 0.2) is 11.1 Å². The van der Waals surface area contributed by atoms with Gasteiger partial charge >= 0.3 is 0 Å². The third-order valence-corrected chi connectivity index (χ3v) is 7.16. The summed E-state index contributed by atoms with van der Waals surface area (Å²) in [6.45, 7) is 4.27. The SMILES string of the molecule is CCC1CCC(CN)(N(C)S(=O)(=O)c2cn[nH]c2C)CC1. The molecule has 3 N–H and O–H groups in total. The second-order valence-electron chi connectivity index (χ2n) is 6.11. The monoisotopic (exact) mass is 314 g/mol. The van der Waals surface area contributed by atoms with E-state index in [1.807, 2.05) is 0 Å². The van der Waals surface area contributed by atoms with Gasteiger partial charge in [-0.3, -0.25) is 5.10 Å². The quantitative estimate of drug-likeness (QED) is 0.864. The second-order valence-corrected chi connectivity index (χ2v) is 8.05. The molecule has 0 unspecified atom stereocenters. The van der Waals surface area contributed by atoms with Gasteiger partial charge in [-0.05, 0) is 38.5 Å². The summed E-state index contributed by atoms with van der Waals surface area (Å²) in [7, 11) is -1.91. The van der Waals surface area contributed by atoms with Crippen molar-refractivity contribution < 1.29 is 8.42 Å². The van der Waals surface area contributed by atoms with Gasteiger partial charge in [-0.1, -0.05) is 13.3 Å². The molecule has 0 atom stereocenters. The van der Waals surface area contributed by atoms with Crippen LogP contribution in [0.25, 0.3) is 0 Å². The third kappa shape index (κ3) is 2.86. The summed E-state index contributed by atoms with van der Waals surface area (Å²) in [5, 5.41) is 6.52. The molecule has 1 fully saturated rings. The average Bonchev–Trinajstić information content (AvgIpc) is 2.93. The summed E-state index contributed by atoms with van der Waals surface area (Å²) in [5.41, 5.74) is 6.09. The molecule has 21 heavy (non-hydrogen) atoms. The highest BCUT2D eigenvalue weighted by molar-refractivity contribution is 7.89. The van der Waals surface area contributed by atoms with Crippen LogP contribution in [0.5, 0.6) is 0 Å². The topological polar surface area (TPSA) is 92.1 Å². The fraction of sp³-hybridized carbons (Fsp3) is 0.786. The van der Waals surface area contributed by atoms with E-state index in [1.165, 1.54) is 10.5 Å². The van der Waals surface area contributed by atoms with Gasteiger partial charge in [-0.25, -0.2) is 8.42 Å². The Kier molecular flexibility index (Phi) is 4.75. The minimum absolute atomic E-state index is 0.246. The Morgan fingerprint density at radius 2 is 2.10 bits per heavy atom. The molecule has 7 heteroatoms. The number of H-pyrrole nitrogens is 1. The van der Waals surface area contributed by atoms with E-state index >= 15 is 0 Å². The minimum Gasteiger partial charge on any atom is -0.329 e. The first-order valence-electron chi connectivity index (χ1n) is 7.56. The van der Waals surface area contributed by atoms with Crippen molar-refractivity contribution in [3.63, 3.8) is 0 Å². The maximum absolute atomic E-state index is 12.8. The average molecular weight is 314 g/mol. The van der Waals surface area contributed by atoms with Crippen molar-refractivity contribution in [3.05, 3.63) is 11.9 Å². The van der Waals surface area contributed by atoms with Gasteiger partial charge in [0.25, 0.3) is 0 Å². The number of likely N-dealkylation sites (N-methyl/N-ethyl adjacent to an activating group) is 1. The Balaban J connectivity index is 2.29. The zero-order chi connectivity index (χ0) is 15.7. The zero-order valence-electron chi connectivity index (χ0n) is 13.1. The Morgan fingerprint density at radius 1 is 1.48 bits per heavy atom. The molecule has 0 spiro atoms. The highest BCUT2D eigenvalue weighted by Crippen LogP contribution is 2.39. The van der Waals surface area contributed by atoms with Crippen molar-refractivity contribution in [2.24, 2.45) is 11.7 Å². The largest absolute Gasteiger partial charge is 0.329 e. The number of nitrogens with zero attached hydrogens (tertiary/aromatic N) is 2. The summed E-state index contributed by atoms with van der Waals surface area (Å²) in [5.74, 6) is 0.691. The lowest BCUT2D eigenvalue weighted by molar-refractivity contribution is 0.128. The van der Waals surface area contributed by atoms with Crippen LogP contribution in [0, 0.1) is 12.8 Å². The zero-order valence-corrected chi connectivity index (χ0v) is 13.9. The Labute approximate surface area is 127 Å². The van der Waals surface area contributed by atoms with Crippen LogP contribution < -0.4 is 5.73 Å². The molecule has 1 saturated carbocycles.